The lowest BCUT2D eigenvalue weighted by Crippen LogP contribution is -2.67. The van der Waals surface area contributed by atoms with Crippen LogP contribution in [0, 0.1) is 5.82 Å². The zero-order chi connectivity index (χ0) is 16.0. The number of amides is 2. The predicted octanol–water partition coefficient (Wildman–Crippen LogP) is 3.86. The van der Waals surface area contributed by atoms with E-state index in [0.717, 1.165) is 0 Å². The van der Waals surface area contributed by atoms with Gasteiger partial charge in [-0.25, -0.2) is 9.18 Å². The van der Waals surface area contributed by atoms with E-state index in [2.05, 4.69) is 10.3 Å². The van der Waals surface area contributed by atoms with Crippen LogP contribution in [-0.4, -0.2) is 20.6 Å². The third kappa shape index (κ3) is 2.29. The third-order valence-electron chi connectivity index (χ3n) is 3.38. The average Bonchev–Trinajstić information content (AvgIpc) is 2.46. The minimum atomic E-state index is -1.95. The Morgan fingerprint density at radius 2 is 1.86 bits per heavy atom. The summed E-state index contributed by atoms with van der Waals surface area (Å²) < 4.78 is 11.3. The molecule has 0 aliphatic carbocycles. The highest BCUT2D eigenvalue weighted by Crippen LogP contribution is 2.49. The SMILES string of the molecule is O=C1N=C2C=CC=CN2[C@@](c2ccc(F)cc2)(C(Cl)(Cl)Cl)N1. The average molecular weight is 361 g/mol. The van der Waals surface area contributed by atoms with Crippen molar-refractivity contribution in [1.82, 2.24) is 10.2 Å². The summed E-state index contributed by atoms with van der Waals surface area (Å²) in [4.78, 5) is 17.4. The number of hydrogen-bond acceptors (Lipinski definition) is 2. The first kappa shape index (κ1) is 15.3. The maximum atomic E-state index is 13.2. The van der Waals surface area contributed by atoms with E-state index in [-0.39, 0.29) is 0 Å². The molecule has 8 heteroatoms. The van der Waals surface area contributed by atoms with Crippen molar-refractivity contribution in [3.8, 4) is 0 Å². The minimum absolute atomic E-state index is 0.321. The lowest BCUT2D eigenvalue weighted by atomic mass is 9.96. The molecule has 4 nitrogen and oxygen atoms in total. The second-order valence-electron chi connectivity index (χ2n) is 4.69. The van der Waals surface area contributed by atoms with Crippen LogP contribution in [0.5, 0.6) is 0 Å². The van der Waals surface area contributed by atoms with Gasteiger partial charge in [0.25, 0.3) is 0 Å². The van der Waals surface area contributed by atoms with Crippen LogP contribution in [0.1, 0.15) is 5.56 Å². The number of nitrogens with zero attached hydrogens (tertiary/aromatic N) is 2. The van der Waals surface area contributed by atoms with Crippen LogP contribution in [-0.2, 0) is 5.66 Å². The van der Waals surface area contributed by atoms with Crippen molar-refractivity contribution in [1.29, 1.82) is 0 Å². The number of urea groups is 1. The number of amidine groups is 1. The van der Waals surface area contributed by atoms with Gasteiger partial charge in [0, 0.05) is 11.8 Å². The van der Waals surface area contributed by atoms with Gasteiger partial charge in [-0.05, 0) is 24.3 Å². The van der Waals surface area contributed by atoms with Crippen LogP contribution in [0.25, 0.3) is 0 Å². The Morgan fingerprint density at radius 1 is 1.18 bits per heavy atom. The van der Waals surface area contributed by atoms with Crippen molar-refractivity contribution in [2.75, 3.05) is 0 Å². The molecule has 114 valence electrons. The number of carbonyl (C=O) groups excluding carboxylic acids is 1. The minimum Gasteiger partial charge on any atom is -0.305 e. The molecule has 1 N–H and O–H groups in total. The molecule has 0 spiro atoms. The number of halogens is 4. The molecule has 3 rings (SSSR count). The molecule has 0 radical (unpaired) electrons. The Bertz CT molecular complexity index is 709. The molecule has 0 bridgehead atoms. The van der Waals surface area contributed by atoms with Crippen molar-refractivity contribution in [2.24, 2.45) is 4.99 Å². The van der Waals surface area contributed by atoms with E-state index in [0.29, 0.717) is 11.4 Å². The number of nitrogens with one attached hydrogen (secondary N) is 1. The van der Waals surface area contributed by atoms with E-state index in [1.807, 2.05) is 0 Å². The molecular weight excluding hydrogens is 352 g/mol. The van der Waals surface area contributed by atoms with Crippen molar-refractivity contribution in [3.05, 3.63) is 60.1 Å². The number of benzene rings is 1. The summed E-state index contributed by atoms with van der Waals surface area (Å²) in [6.45, 7) is 0. The number of hydrogen-bond donors (Lipinski definition) is 1. The van der Waals surface area contributed by atoms with E-state index in [4.69, 9.17) is 34.8 Å². The number of alkyl halides is 3. The fourth-order valence-corrected chi connectivity index (χ4v) is 3.17. The van der Waals surface area contributed by atoms with Crippen molar-refractivity contribution in [2.45, 2.75) is 9.46 Å². The van der Waals surface area contributed by atoms with Crippen molar-refractivity contribution >= 4 is 46.7 Å². The van der Waals surface area contributed by atoms with Gasteiger partial charge in [-0.3, -0.25) is 0 Å². The van der Waals surface area contributed by atoms with Crippen molar-refractivity contribution < 1.29 is 9.18 Å². The molecule has 0 unspecified atom stereocenters. The first-order valence-corrected chi connectivity index (χ1v) is 7.36. The topological polar surface area (TPSA) is 44.7 Å². The van der Waals surface area contributed by atoms with Crippen LogP contribution in [0.15, 0.2) is 53.7 Å². The predicted molar refractivity (Wildman–Crippen MR) is 84.5 cm³/mol. The molecule has 0 aromatic heterocycles. The molecule has 0 saturated heterocycles. The number of rotatable bonds is 1. The summed E-state index contributed by atoms with van der Waals surface area (Å²) in [6.07, 6.45) is 6.67. The fraction of sp³-hybridized carbons (Fsp3) is 0.143. The van der Waals surface area contributed by atoms with Crippen LogP contribution < -0.4 is 5.32 Å². The van der Waals surface area contributed by atoms with Crippen molar-refractivity contribution in [3.63, 3.8) is 0 Å². The molecule has 2 aliphatic rings. The Hall–Kier alpha value is -1.56. The van der Waals surface area contributed by atoms with Gasteiger partial charge in [0.15, 0.2) is 5.66 Å². The number of carbonyl (C=O) groups is 1. The van der Waals surface area contributed by atoms with Crippen LogP contribution in [0.4, 0.5) is 9.18 Å². The summed E-state index contributed by atoms with van der Waals surface area (Å²) in [7, 11) is 0. The molecule has 0 saturated carbocycles. The zero-order valence-electron chi connectivity index (χ0n) is 10.9. The highest BCUT2D eigenvalue weighted by molar-refractivity contribution is 6.68. The van der Waals surface area contributed by atoms with Crippen LogP contribution in [0.2, 0.25) is 0 Å². The van der Waals surface area contributed by atoms with Gasteiger partial charge in [-0.15, -0.1) is 0 Å². The van der Waals surface area contributed by atoms with E-state index < -0.39 is 21.3 Å². The Kier molecular flexibility index (Phi) is 3.67. The number of fused-ring (bicyclic) bond motifs is 1. The largest absolute Gasteiger partial charge is 0.345 e. The van der Waals surface area contributed by atoms with E-state index in [1.165, 1.54) is 29.2 Å². The summed E-state index contributed by atoms with van der Waals surface area (Å²) in [5, 5.41) is 2.60. The quantitative estimate of drug-likeness (QED) is 0.773. The smallest absolute Gasteiger partial charge is 0.305 e. The molecular formula is C14H9Cl3FN3O. The molecule has 0 fully saturated rings. The zero-order valence-corrected chi connectivity index (χ0v) is 13.2. The monoisotopic (exact) mass is 359 g/mol. The second-order valence-corrected chi connectivity index (χ2v) is 6.97. The Labute approximate surface area is 140 Å². The van der Waals surface area contributed by atoms with Crippen LogP contribution >= 0.6 is 34.8 Å². The second kappa shape index (κ2) is 5.26. The lowest BCUT2D eigenvalue weighted by molar-refractivity contribution is 0.165. The summed E-state index contributed by atoms with van der Waals surface area (Å²) in [6, 6.07) is 4.71. The van der Waals surface area contributed by atoms with Gasteiger partial charge in [0.1, 0.15) is 11.7 Å². The number of aliphatic imine (C=N–C) groups is 1. The highest BCUT2D eigenvalue weighted by atomic mass is 35.6. The molecule has 2 heterocycles. The highest BCUT2D eigenvalue weighted by Gasteiger charge is 2.57. The Balaban J connectivity index is 2.25. The van der Waals surface area contributed by atoms with Gasteiger partial charge in [-0.2, -0.15) is 4.99 Å². The fourth-order valence-electron chi connectivity index (χ4n) is 2.43. The standard InChI is InChI=1S/C14H9Cl3FN3O/c15-14(16,17)13(9-4-6-10(18)7-5-9)20-12(22)19-11-3-1-2-8-21(11)13/h1-8H,(H,20,22)/t13-/m0/s1. The third-order valence-corrected chi connectivity index (χ3v) is 4.20. The maximum absolute atomic E-state index is 13.2. The van der Waals surface area contributed by atoms with E-state index >= 15 is 0 Å². The first-order valence-electron chi connectivity index (χ1n) is 6.22. The number of allylic oxidation sites excluding steroid dienone is 2. The molecule has 1 atom stereocenters. The normalized spacial score (nSPS) is 23.9. The summed E-state index contributed by atoms with van der Waals surface area (Å²) in [5.41, 5.74) is -1.13. The van der Waals surface area contributed by atoms with Gasteiger partial charge in [-0.1, -0.05) is 53.0 Å². The summed E-state index contributed by atoms with van der Waals surface area (Å²) in [5.74, 6) is -0.116. The first-order chi connectivity index (χ1) is 10.3. The van der Waals surface area contributed by atoms with Gasteiger partial charge < -0.3 is 10.2 Å². The van der Waals surface area contributed by atoms with E-state index in [9.17, 15) is 9.18 Å². The maximum Gasteiger partial charge on any atom is 0.345 e. The van der Waals surface area contributed by atoms with Gasteiger partial charge in [0.05, 0.1) is 0 Å². The van der Waals surface area contributed by atoms with Gasteiger partial charge in [0.2, 0.25) is 3.79 Å². The molecule has 2 aliphatic heterocycles. The van der Waals surface area contributed by atoms with Crippen LogP contribution in [0.3, 0.4) is 0 Å². The molecule has 1 aromatic carbocycles. The Morgan fingerprint density at radius 3 is 2.50 bits per heavy atom. The molecule has 2 amide bonds. The molecule has 22 heavy (non-hydrogen) atoms. The van der Waals surface area contributed by atoms with E-state index in [1.54, 1.807) is 24.4 Å². The molecule has 1 aromatic rings. The summed E-state index contributed by atoms with van der Waals surface area (Å²) >= 11 is 18.6. The lowest BCUT2D eigenvalue weighted by Gasteiger charge is -2.49. The van der Waals surface area contributed by atoms with Gasteiger partial charge >= 0.3 is 6.03 Å².